The van der Waals surface area contributed by atoms with Crippen molar-refractivity contribution in [3.63, 3.8) is 0 Å². The van der Waals surface area contributed by atoms with E-state index in [-0.39, 0.29) is 72.0 Å². The molecule has 12 fully saturated rings. The molecule has 12 unspecified atom stereocenters. The van der Waals surface area contributed by atoms with Crippen LogP contribution in [0.4, 0.5) is 23.3 Å². The van der Waals surface area contributed by atoms with Crippen molar-refractivity contribution >= 4 is 46.9 Å². The number of rotatable bonds is 16. The zero-order chi connectivity index (χ0) is 83.9. The number of hydrogen-bond acceptors (Lipinski definition) is 22. The number of nitrogens with zero attached hydrogens (tertiary/aromatic N) is 19. The molecule has 10 aromatic heterocycles. The molecule has 12 atom stereocenters. The Hall–Kier alpha value is -13.2. The first-order chi connectivity index (χ1) is 59.4. The van der Waals surface area contributed by atoms with E-state index in [0.29, 0.717) is 80.5 Å². The SMILES string of the molecule is Cc1ccc(NC2CC3CCC2N(C(=O)c2ccc(C)cc2-c2ncccn2)C3)nc1.Cc1ccc(NC2CC3CCC2N(C(=O)c2ccc(C)nc2-c2ncccn2)C3)nc1.Cc1ccc(NC2CC3CCC2N(C(=O)c2ccccc2-n2nccn2)C3)nc1.Cc1ccc(NC2CC3CCC2N(C(=O)c2nc(C)ccc2-c2ncccn2)C3)nc1. The molecule has 622 valence electrons. The molecule has 122 heavy (non-hydrogen) atoms. The molecule has 27 heteroatoms. The Morgan fingerprint density at radius 2 is 0.680 bits per heavy atom. The van der Waals surface area contributed by atoms with E-state index < -0.39 is 0 Å². The highest BCUT2D eigenvalue weighted by atomic mass is 16.2. The van der Waals surface area contributed by atoms with Gasteiger partial charge < -0.3 is 40.9 Å². The third-order valence-electron chi connectivity index (χ3n) is 25.2. The summed E-state index contributed by atoms with van der Waals surface area (Å²) in [4.78, 5) is 118. The summed E-state index contributed by atoms with van der Waals surface area (Å²) >= 11 is 0. The minimum absolute atomic E-state index is 0.00742. The summed E-state index contributed by atoms with van der Waals surface area (Å²) in [5, 5.41) is 22.8. The minimum atomic E-state index is -0.0378. The van der Waals surface area contributed by atoms with Gasteiger partial charge in [0.2, 0.25) is 0 Å². The number of para-hydroxylation sites is 1. The van der Waals surface area contributed by atoms with Crippen molar-refractivity contribution in [2.45, 2.75) is 174 Å². The van der Waals surface area contributed by atoms with E-state index in [1.54, 1.807) is 67.8 Å². The standard InChI is InChI=1S/C25H27N5O.2C24H26N6O.C22H24N6O/c1-16-4-7-19(20(12-16)24-26-10-3-11-27-24)25(31)30-15-18-6-8-22(30)21(13-18)29-23-9-5-17(2)14-28-23;1-15-4-9-21(27-13-15)29-19-12-17-6-8-20(19)30(14-17)24(31)18-7-5-16(2)28-22(18)23-25-10-3-11-26-23;1-15-4-9-21(27-13-15)29-19-12-17-6-8-20(19)30(14-17)24(31)22-18(7-5-16(2)28-22)23-25-10-3-11-26-23;1-15-6-9-21(23-13-15)26-18-12-16-7-8-20(18)27(14-16)22(29)17-4-2-3-5-19(17)28-24-10-11-25-28/h3-5,7,9-12,14,18,21-22H,6,8,13,15H2,1-2H3,(H,28,29);2*3-5,7,9-11,13,17,19-20H,6,8,12,14H2,1-2H3,(H,27,29);2-6,9-11,13,16,18,20H,7-8,12,14H2,1H3,(H,23,26). The van der Waals surface area contributed by atoms with Crippen LogP contribution >= 0.6 is 0 Å². The van der Waals surface area contributed by atoms with Crippen LogP contribution in [0.1, 0.15) is 158 Å². The maximum Gasteiger partial charge on any atom is 0.273 e. The Bertz CT molecular complexity index is 5470. The van der Waals surface area contributed by atoms with Crippen molar-refractivity contribution < 1.29 is 19.2 Å². The second-order valence-corrected chi connectivity index (χ2v) is 34.0. The molecule has 4 N–H and O–H groups in total. The number of fused-ring (bicyclic) bond motifs is 12. The molecule has 27 nitrogen and oxygen atoms in total. The summed E-state index contributed by atoms with van der Waals surface area (Å²) in [5.41, 5.74) is 12.4. The number of piperidine rings is 8. The van der Waals surface area contributed by atoms with Gasteiger partial charge in [-0.15, -0.1) is 0 Å². The van der Waals surface area contributed by atoms with Crippen LogP contribution in [0.15, 0.2) is 208 Å². The van der Waals surface area contributed by atoms with Crippen molar-refractivity contribution in [1.29, 1.82) is 0 Å². The highest BCUT2D eigenvalue weighted by Crippen LogP contribution is 2.43. The maximum absolute atomic E-state index is 13.8. The van der Waals surface area contributed by atoms with Crippen molar-refractivity contribution in [1.82, 2.24) is 94.4 Å². The lowest BCUT2D eigenvalue weighted by Gasteiger charge is -2.50. The molecule has 2 aromatic carbocycles. The highest BCUT2D eigenvalue weighted by Gasteiger charge is 2.48. The predicted octanol–water partition coefficient (Wildman–Crippen LogP) is 14.6. The molecule has 0 radical (unpaired) electrons. The fourth-order valence-corrected chi connectivity index (χ4v) is 19.2. The third kappa shape index (κ3) is 18.3. The number of benzene rings is 2. The van der Waals surface area contributed by atoms with E-state index in [1.165, 1.54) is 17.6 Å². The summed E-state index contributed by atoms with van der Waals surface area (Å²) in [6.45, 7) is 17.2. The van der Waals surface area contributed by atoms with Gasteiger partial charge in [0.1, 0.15) is 34.7 Å². The maximum atomic E-state index is 13.8. The number of amides is 4. The van der Waals surface area contributed by atoms with Gasteiger partial charge >= 0.3 is 0 Å². The molecule has 12 aliphatic rings. The fourth-order valence-electron chi connectivity index (χ4n) is 19.2. The Morgan fingerprint density at radius 3 is 1.10 bits per heavy atom. The first kappa shape index (κ1) is 81.2. The van der Waals surface area contributed by atoms with E-state index in [4.69, 9.17) is 0 Å². The van der Waals surface area contributed by atoms with Crippen molar-refractivity contribution in [3.8, 4) is 40.0 Å². The molecular weight excluding hydrogens is 1530 g/mol. The first-order valence-electron chi connectivity index (χ1n) is 42.8. The van der Waals surface area contributed by atoms with E-state index >= 15 is 0 Å². The predicted molar refractivity (Wildman–Crippen MR) is 468 cm³/mol. The van der Waals surface area contributed by atoms with Crippen LogP contribution in [0, 0.1) is 72.1 Å². The van der Waals surface area contributed by atoms with Crippen LogP contribution in [-0.2, 0) is 0 Å². The van der Waals surface area contributed by atoms with Crippen LogP contribution in [0.25, 0.3) is 40.0 Å². The van der Waals surface area contributed by atoms with Gasteiger partial charge in [-0.3, -0.25) is 19.2 Å². The zero-order valence-corrected chi connectivity index (χ0v) is 70.0. The lowest BCUT2D eigenvalue weighted by molar-refractivity contribution is 0.0274. The Morgan fingerprint density at radius 1 is 0.320 bits per heavy atom. The molecule has 8 saturated heterocycles. The number of carbonyl (C=O) groups is 4. The number of anilines is 4. The van der Waals surface area contributed by atoms with Crippen LogP contribution < -0.4 is 21.3 Å². The average Bonchev–Trinajstić information content (AvgIpc) is 0.824. The van der Waals surface area contributed by atoms with E-state index in [9.17, 15) is 19.2 Å². The number of nitrogens with one attached hydrogen (secondary N) is 4. The number of aromatic nitrogens is 15. The molecule has 12 aromatic rings. The van der Waals surface area contributed by atoms with Gasteiger partial charge in [-0.25, -0.2) is 59.8 Å². The van der Waals surface area contributed by atoms with Gasteiger partial charge in [0.05, 0.1) is 64.5 Å². The molecule has 8 aliphatic heterocycles. The third-order valence-corrected chi connectivity index (χ3v) is 25.2. The smallest absolute Gasteiger partial charge is 0.273 e. The van der Waals surface area contributed by atoms with Crippen molar-refractivity contribution in [3.05, 3.63) is 269 Å². The summed E-state index contributed by atoms with van der Waals surface area (Å²) in [7, 11) is 0. The second-order valence-electron chi connectivity index (χ2n) is 34.0. The summed E-state index contributed by atoms with van der Waals surface area (Å²) < 4.78 is 0. The quantitative estimate of drug-likeness (QED) is 0.0698. The first-order valence-corrected chi connectivity index (χ1v) is 42.8. The molecule has 0 spiro atoms. The monoisotopic (exact) mass is 1630 g/mol. The van der Waals surface area contributed by atoms with Gasteiger partial charge in [-0.2, -0.15) is 15.0 Å². The second kappa shape index (κ2) is 36.4. The van der Waals surface area contributed by atoms with Gasteiger partial charge in [0, 0.05) is 129 Å². The summed E-state index contributed by atoms with van der Waals surface area (Å²) in [6, 6.07) is 44.1. The van der Waals surface area contributed by atoms with Crippen molar-refractivity contribution in [2.75, 3.05) is 47.4 Å². The molecular formula is C95H103N23O4. The summed E-state index contributed by atoms with van der Waals surface area (Å²) in [6.07, 6.45) is 33.9. The molecule has 8 bridgehead atoms. The normalized spacial score (nSPS) is 22.6. The lowest BCUT2D eigenvalue weighted by atomic mass is 9.76. The molecule has 18 heterocycles. The largest absolute Gasteiger partial charge is 0.365 e. The van der Waals surface area contributed by atoms with E-state index in [2.05, 4.69) is 120 Å². The topological polar surface area (TPSA) is 315 Å². The Kier molecular flexibility index (Phi) is 24.2. The highest BCUT2D eigenvalue weighted by molar-refractivity contribution is 6.02. The lowest BCUT2D eigenvalue weighted by Crippen LogP contribution is -2.60. The van der Waals surface area contributed by atoms with Gasteiger partial charge in [-0.1, -0.05) is 48.0 Å². The van der Waals surface area contributed by atoms with Crippen molar-refractivity contribution in [2.24, 2.45) is 23.7 Å². The summed E-state index contributed by atoms with van der Waals surface area (Å²) in [5.74, 6) is 7.18. The molecule has 4 saturated carbocycles. The van der Waals surface area contributed by atoms with Gasteiger partial charge in [0.15, 0.2) is 17.5 Å². The number of pyridine rings is 6. The average molecular weight is 1630 g/mol. The van der Waals surface area contributed by atoms with E-state index in [1.807, 2.05) is 179 Å². The molecule has 24 rings (SSSR count). The van der Waals surface area contributed by atoms with Crippen LogP contribution in [0.5, 0.6) is 0 Å². The van der Waals surface area contributed by atoms with Crippen LogP contribution in [0.3, 0.4) is 0 Å². The number of hydrogen-bond donors (Lipinski definition) is 4. The number of aryl methyl sites for hydroxylation is 7. The van der Waals surface area contributed by atoms with E-state index in [0.717, 1.165) is 158 Å². The minimum Gasteiger partial charge on any atom is -0.365 e. The zero-order valence-electron chi connectivity index (χ0n) is 70.0. The Labute approximate surface area is 711 Å². The van der Waals surface area contributed by atoms with Gasteiger partial charge in [-0.05, 0) is 262 Å². The molecule has 4 aliphatic carbocycles. The number of carbonyl (C=O) groups excluding carboxylic acids is 4. The van der Waals surface area contributed by atoms with Gasteiger partial charge in [0.25, 0.3) is 23.6 Å². The fraction of sp³-hybridized carbons (Fsp3) is 0.368. The molecule has 4 amide bonds. The van der Waals surface area contributed by atoms with Crippen LogP contribution in [-0.4, -0.2) is 193 Å². The van der Waals surface area contributed by atoms with Crippen LogP contribution in [0.2, 0.25) is 0 Å². The Balaban J connectivity index is 0.000000116.